The van der Waals surface area contributed by atoms with Gasteiger partial charge in [0.15, 0.2) is 0 Å². The summed E-state index contributed by atoms with van der Waals surface area (Å²) in [5, 5.41) is 1.64. The highest BCUT2D eigenvalue weighted by Gasteiger charge is 2.05. The maximum atomic E-state index is 5.80. The van der Waals surface area contributed by atoms with Crippen molar-refractivity contribution in [3.8, 4) is 0 Å². The molecule has 0 aliphatic carbocycles. The summed E-state index contributed by atoms with van der Waals surface area (Å²) in [6.07, 6.45) is 3.84. The lowest BCUT2D eigenvalue weighted by atomic mass is 10.3. The van der Waals surface area contributed by atoms with Gasteiger partial charge < -0.3 is 4.57 Å². The van der Waals surface area contributed by atoms with Crippen molar-refractivity contribution in [1.29, 1.82) is 0 Å². The summed E-state index contributed by atoms with van der Waals surface area (Å²) in [5.74, 6) is 0. The molecule has 0 saturated carbocycles. The maximum absolute atomic E-state index is 5.80. The summed E-state index contributed by atoms with van der Waals surface area (Å²) >= 11 is 9.29. The molecule has 0 spiro atoms. The molecule has 0 bridgehead atoms. The van der Waals surface area contributed by atoms with E-state index in [9.17, 15) is 0 Å². The summed E-state index contributed by atoms with van der Waals surface area (Å²) in [4.78, 5) is 4.05. The monoisotopic (exact) mass is 258 g/mol. The quantitative estimate of drug-likeness (QED) is 0.717. The third-order valence-corrected chi connectivity index (χ3v) is 2.86. The topological polar surface area (TPSA) is 17.8 Å². The lowest BCUT2D eigenvalue weighted by Gasteiger charge is -1.98. The molecule has 0 atom stereocenters. The van der Waals surface area contributed by atoms with Gasteiger partial charge in [-0.25, -0.2) is 4.98 Å². The number of hydrogen-bond donors (Lipinski definition) is 0. The molecule has 2 heterocycles. The number of pyridine rings is 1. The van der Waals surface area contributed by atoms with Crippen LogP contribution in [0.25, 0.3) is 10.9 Å². The lowest BCUT2D eigenvalue weighted by Crippen LogP contribution is -1.90. The van der Waals surface area contributed by atoms with Crippen LogP contribution in [0.1, 0.15) is 6.92 Å². The molecule has 68 valence electrons. The van der Waals surface area contributed by atoms with Crippen LogP contribution in [-0.4, -0.2) is 9.55 Å². The van der Waals surface area contributed by atoms with Gasteiger partial charge in [-0.15, -0.1) is 0 Å². The van der Waals surface area contributed by atoms with E-state index in [1.807, 2.05) is 12.3 Å². The van der Waals surface area contributed by atoms with Crippen LogP contribution in [0, 0.1) is 0 Å². The summed E-state index contributed by atoms with van der Waals surface area (Å²) < 4.78 is 3.19. The number of hydrogen-bond acceptors (Lipinski definition) is 1. The smallest absolute Gasteiger partial charge is 0.129 e. The Morgan fingerprint density at radius 3 is 3.08 bits per heavy atom. The van der Waals surface area contributed by atoms with E-state index in [4.69, 9.17) is 11.6 Å². The molecule has 0 amide bonds. The van der Waals surface area contributed by atoms with Gasteiger partial charge in [-0.1, -0.05) is 11.6 Å². The molecule has 0 aliphatic rings. The van der Waals surface area contributed by atoms with E-state index in [2.05, 4.69) is 32.4 Å². The summed E-state index contributed by atoms with van der Waals surface area (Å²) in [5.41, 5.74) is 1.11. The van der Waals surface area contributed by atoms with Crippen LogP contribution in [0.5, 0.6) is 0 Å². The van der Waals surface area contributed by atoms with Crippen molar-refractivity contribution in [3.63, 3.8) is 0 Å². The minimum Gasteiger partial charge on any atom is -0.345 e. The van der Waals surface area contributed by atoms with E-state index in [0.717, 1.165) is 21.9 Å². The van der Waals surface area contributed by atoms with Crippen LogP contribution in [0.2, 0.25) is 5.15 Å². The van der Waals surface area contributed by atoms with Gasteiger partial charge in [0.1, 0.15) is 5.15 Å². The Labute approximate surface area is 89.7 Å². The summed E-state index contributed by atoms with van der Waals surface area (Å²) in [6, 6.07) is 1.87. The van der Waals surface area contributed by atoms with Crippen LogP contribution in [0.4, 0.5) is 0 Å². The molecule has 4 heteroatoms. The minimum atomic E-state index is 0.530. The predicted molar refractivity (Wildman–Crippen MR) is 58.1 cm³/mol. The van der Waals surface area contributed by atoms with E-state index in [-0.39, 0.29) is 0 Å². The molecule has 2 nitrogen and oxygen atoms in total. The lowest BCUT2D eigenvalue weighted by molar-refractivity contribution is 0.795. The molecule has 2 rings (SSSR count). The van der Waals surface area contributed by atoms with Crippen molar-refractivity contribution < 1.29 is 0 Å². The number of nitrogens with zero attached hydrogens (tertiary/aromatic N) is 2. The first-order chi connectivity index (χ1) is 6.22. The first-order valence-corrected chi connectivity index (χ1v) is 5.19. The molecule has 0 aliphatic heterocycles. The molecular weight excluding hydrogens is 251 g/mol. The third-order valence-electron chi connectivity index (χ3n) is 2.03. The molecule has 0 saturated heterocycles. The fraction of sp³-hybridized carbons (Fsp3) is 0.222. The molecule has 0 radical (unpaired) electrons. The van der Waals surface area contributed by atoms with Crippen molar-refractivity contribution in [3.05, 3.63) is 28.1 Å². The Morgan fingerprint density at radius 2 is 2.38 bits per heavy atom. The van der Waals surface area contributed by atoms with Gasteiger partial charge in [0.05, 0.1) is 11.7 Å². The predicted octanol–water partition coefficient (Wildman–Crippen LogP) is 3.47. The molecule has 0 unspecified atom stereocenters. The maximum Gasteiger partial charge on any atom is 0.129 e. The zero-order valence-electron chi connectivity index (χ0n) is 7.09. The SMILES string of the molecule is CCn1cc(Br)c2cc(Cl)ncc21. The van der Waals surface area contributed by atoms with Crippen molar-refractivity contribution in [2.45, 2.75) is 13.5 Å². The van der Waals surface area contributed by atoms with Gasteiger partial charge in [-0.3, -0.25) is 0 Å². The second-order valence-corrected chi connectivity index (χ2v) is 4.03. The number of aromatic nitrogens is 2. The number of rotatable bonds is 1. The van der Waals surface area contributed by atoms with Crippen molar-refractivity contribution in [2.75, 3.05) is 0 Å². The van der Waals surface area contributed by atoms with Gasteiger partial charge in [0, 0.05) is 22.6 Å². The first-order valence-electron chi connectivity index (χ1n) is 4.02. The van der Waals surface area contributed by atoms with Gasteiger partial charge in [0.2, 0.25) is 0 Å². The largest absolute Gasteiger partial charge is 0.345 e. The Kier molecular flexibility index (Phi) is 2.30. The molecule has 0 aromatic carbocycles. The van der Waals surface area contributed by atoms with E-state index < -0.39 is 0 Å². The average Bonchev–Trinajstić information content (AvgIpc) is 2.43. The normalized spacial score (nSPS) is 11.0. The molecule has 0 N–H and O–H groups in total. The Bertz CT molecular complexity index is 450. The fourth-order valence-corrected chi connectivity index (χ4v) is 2.10. The highest BCUT2D eigenvalue weighted by molar-refractivity contribution is 9.10. The number of fused-ring (bicyclic) bond motifs is 1. The summed E-state index contributed by atoms with van der Waals surface area (Å²) in [6.45, 7) is 3.03. The van der Waals surface area contributed by atoms with Crippen LogP contribution >= 0.6 is 27.5 Å². The van der Waals surface area contributed by atoms with Gasteiger partial charge in [-0.05, 0) is 28.9 Å². The first kappa shape index (κ1) is 9.03. The molecule has 2 aromatic rings. The zero-order valence-corrected chi connectivity index (χ0v) is 9.43. The van der Waals surface area contributed by atoms with Crippen molar-refractivity contribution in [2.24, 2.45) is 0 Å². The minimum absolute atomic E-state index is 0.530. The standard InChI is InChI=1S/C9H8BrClN2/c1-2-13-5-7(10)6-3-9(11)12-4-8(6)13/h3-5H,2H2,1H3. The van der Waals surface area contributed by atoms with Gasteiger partial charge >= 0.3 is 0 Å². The molecular formula is C9H8BrClN2. The number of halogens is 2. The second kappa shape index (κ2) is 3.31. The molecule has 2 aromatic heterocycles. The van der Waals surface area contributed by atoms with E-state index in [0.29, 0.717) is 5.15 Å². The second-order valence-electron chi connectivity index (χ2n) is 2.79. The highest BCUT2D eigenvalue weighted by atomic mass is 79.9. The Hall–Kier alpha value is -0.540. The van der Waals surface area contributed by atoms with Crippen LogP contribution in [-0.2, 0) is 6.54 Å². The van der Waals surface area contributed by atoms with E-state index in [1.54, 1.807) is 6.20 Å². The van der Waals surface area contributed by atoms with E-state index in [1.165, 1.54) is 0 Å². The highest BCUT2D eigenvalue weighted by Crippen LogP contribution is 2.27. The molecule has 0 fully saturated rings. The van der Waals surface area contributed by atoms with Crippen molar-refractivity contribution in [1.82, 2.24) is 9.55 Å². The van der Waals surface area contributed by atoms with Crippen LogP contribution in [0.3, 0.4) is 0 Å². The van der Waals surface area contributed by atoms with Crippen LogP contribution in [0.15, 0.2) is 22.9 Å². The van der Waals surface area contributed by atoms with E-state index >= 15 is 0 Å². The van der Waals surface area contributed by atoms with Gasteiger partial charge in [-0.2, -0.15) is 0 Å². The van der Waals surface area contributed by atoms with Crippen LogP contribution < -0.4 is 0 Å². The van der Waals surface area contributed by atoms with Gasteiger partial charge in [0.25, 0.3) is 0 Å². The third kappa shape index (κ3) is 1.46. The zero-order chi connectivity index (χ0) is 9.42. The average molecular weight is 260 g/mol. The molecule has 13 heavy (non-hydrogen) atoms. The van der Waals surface area contributed by atoms with Crippen molar-refractivity contribution >= 4 is 38.4 Å². The summed E-state index contributed by atoms with van der Waals surface area (Å²) in [7, 11) is 0. The Balaban J connectivity index is 2.80. The number of aryl methyl sites for hydroxylation is 1. The Morgan fingerprint density at radius 1 is 1.62 bits per heavy atom. The fourth-order valence-electron chi connectivity index (χ4n) is 1.38.